The lowest BCUT2D eigenvalue weighted by Crippen LogP contribution is -2.12. The van der Waals surface area contributed by atoms with E-state index in [0.717, 1.165) is 5.56 Å². The fourth-order valence-corrected chi connectivity index (χ4v) is 1.81. The van der Waals surface area contributed by atoms with Crippen LogP contribution in [0.15, 0.2) is 48.5 Å². The SMILES string of the molecule is CC(=O)c1cccc(NC(=O)c2ccc(CN)cc2)c1. The molecule has 0 radical (unpaired) electrons. The van der Waals surface area contributed by atoms with E-state index < -0.39 is 0 Å². The van der Waals surface area contributed by atoms with Gasteiger partial charge in [-0.1, -0.05) is 24.3 Å². The maximum absolute atomic E-state index is 12.1. The van der Waals surface area contributed by atoms with E-state index in [1.807, 2.05) is 12.1 Å². The highest BCUT2D eigenvalue weighted by molar-refractivity contribution is 6.05. The normalized spacial score (nSPS) is 10.1. The molecule has 0 aromatic heterocycles. The van der Waals surface area contributed by atoms with Gasteiger partial charge in [-0.2, -0.15) is 0 Å². The maximum Gasteiger partial charge on any atom is 0.255 e. The van der Waals surface area contributed by atoms with Crippen molar-refractivity contribution in [2.75, 3.05) is 5.32 Å². The third-order valence-electron chi connectivity index (χ3n) is 2.98. The largest absolute Gasteiger partial charge is 0.326 e. The van der Waals surface area contributed by atoms with Crippen LogP contribution in [0.5, 0.6) is 0 Å². The highest BCUT2D eigenvalue weighted by atomic mass is 16.1. The van der Waals surface area contributed by atoms with Crippen LogP contribution >= 0.6 is 0 Å². The second kappa shape index (κ2) is 6.12. The summed E-state index contributed by atoms with van der Waals surface area (Å²) in [7, 11) is 0. The first kappa shape index (κ1) is 14.0. The summed E-state index contributed by atoms with van der Waals surface area (Å²) in [5, 5.41) is 2.77. The molecule has 20 heavy (non-hydrogen) atoms. The molecular formula is C16H16N2O2. The van der Waals surface area contributed by atoms with Crippen molar-refractivity contribution in [2.24, 2.45) is 5.73 Å². The third-order valence-corrected chi connectivity index (χ3v) is 2.98. The fraction of sp³-hybridized carbons (Fsp3) is 0.125. The Kier molecular flexibility index (Phi) is 4.27. The van der Waals surface area contributed by atoms with E-state index in [-0.39, 0.29) is 11.7 Å². The Hall–Kier alpha value is -2.46. The Morgan fingerprint density at radius 2 is 1.75 bits per heavy atom. The van der Waals surface area contributed by atoms with Crippen molar-refractivity contribution in [3.63, 3.8) is 0 Å². The molecule has 2 aromatic carbocycles. The van der Waals surface area contributed by atoms with E-state index in [1.54, 1.807) is 36.4 Å². The maximum atomic E-state index is 12.1. The summed E-state index contributed by atoms with van der Waals surface area (Å²) in [5.74, 6) is -0.248. The average molecular weight is 268 g/mol. The molecule has 0 heterocycles. The smallest absolute Gasteiger partial charge is 0.255 e. The summed E-state index contributed by atoms with van der Waals surface area (Å²) in [5.41, 5.74) is 8.21. The molecule has 102 valence electrons. The number of Topliss-reactive ketones (excluding diaryl/α,β-unsaturated/α-hetero) is 1. The molecule has 0 aliphatic carbocycles. The number of benzene rings is 2. The van der Waals surface area contributed by atoms with E-state index in [0.29, 0.717) is 23.4 Å². The van der Waals surface area contributed by atoms with Crippen molar-refractivity contribution in [1.29, 1.82) is 0 Å². The molecule has 0 bridgehead atoms. The zero-order valence-corrected chi connectivity index (χ0v) is 11.2. The molecule has 0 saturated heterocycles. The van der Waals surface area contributed by atoms with Crippen LogP contribution in [0.25, 0.3) is 0 Å². The van der Waals surface area contributed by atoms with Gasteiger partial charge in [-0.25, -0.2) is 0 Å². The zero-order chi connectivity index (χ0) is 14.5. The molecule has 0 aliphatic heterocycles. The average Bonchev–Trinajstić information content (AvgIpc) is 2.47. The van der Waals surface area contributed by atoms with Crippen LogP contribution in [-0.2, 0) is 6.54 Å². The minimum absolute atomic E-state index is 0.0339. The lowest BCUT2D eigenvalue weighted by Gasteiger charge is -2.07. The quantitative estimate of drug-likeness (QED) is 0.837. The summed E-state index contributed by atoms with van der Waals surface area (Å²) >= 11 is 0. The van der Waals surface area contributed by atoms with Crippen LogP contribution in [0.2, 0.25) is 0 Å². The molecule has 0 aliphatic rings. The molecule has 0 fully saturated rings. The predicted molar refractivity (Wildman–Crippen MR) is 78.7 cm³/mol. The van der Waals surface area contributed by atoms with Crippen molar-refractivity contribution in [1.82, 2.24) is 0 Å². The molecular weight excluding hydrogens is 252 g/mol. The highest BCUT2D eigenvalue weighted by Gasteiger charge is 2.07. The summed E-state index contributed by atoms with van der Waals surface area (Å²) in [6, 6.07) is 14.0. The van der Waals surface area contributed by atoms with Crippen LogP contribution in [-0.4, -0.2) is 11.7 Å². The predicted octanol–water partition coefficient (Wildman–Crippen LogP) is 2.60. The Morgan fingerprint density at radius 3 is 2.35 bits per heavy atom. The Balaban J connectivity index is 2.14. The van der Waals surface area contributed by atoms with Crippen LogP contribution in [0.3, 0.4) is 0 Å². The van der Waals surface area contributed by atoms with E-state index in [2.05, 4.69) is 5.32 Å². The number of nitrogens with one attached hydrogen (secondary N) is 1. The van der Waals surface area contributed by atoms with Crippen molar-refractivity contribution in [3.05, 3.63) is 65.2 Å². The van der Waals surface area contributed by atoms with E-state index >= 15 is 0 Å². The summed E-state index contributed by atoms with van der Waals surface area (Å²) in [4.78, 5) is 23.4. The van der Waals surface area contributed by atoms with Gasteiger partial charge < -0.3 is 11.1 Å². The number of hydrogen-bond donors (Lipinski definition) is 2. The first-order valence-electron chi connectivity index (χ1n) is 6.31. The summed E-state index contributed by atoms with van der Waals surface area (Å²) < 4.78 is 0. The molecule has 2 aromatic rings. The number of carbonyl (C=O) groups is 2. The van der Waals surface area contributed by atoms with E-state index in [9.17, 15) is 9.59 Å². The molecule has 1 amide bonds. The lowest BCUT2D eigenvalue weighted by atomic mass is 10.1. The zero-order valence-electron chi connectivity index (χ0n) is 11.2. The molecule has 4 heteroatoms. The van der Waals surface area contributed by atoms with Crippen LogP contribution in [0.1, 0.15) is 33.2 Å². The van der Waals surface area contributed by atoms with Gasteiger partial charge in [0.15, 0.2) is 5.78 Å². The van der Waals surface area contributed by atoms with Gasteiger partial charge in [-0.15, -0.1) is 0 Å². The summed E-state index contributed by atoms with van der Waals surface area (Å²) in [6.07, 6.45) is 0. The Morgan fingerprint density at radius 1 is 1.05 bits per heavy atom. The topological polar surface area (TPSA) is 72.2 Å². The Bertz CT molecular complexity index is 633. The van der Waals surface area contributed by atoms with Gasteiger partial charge >= 0.3 is 0 Å². The first-order valence-corrected chi connectivity index (χ1v) is 6.31. The third kappa shape index (κ3) is 3.30. The molecule has 0 spiro atoms. The highest BCUT2D eigenvalue weighted by Crippen LogP contribution is 2.13. The van der Waals surface area contributed by atoms with Crippen LogP contribution in [0, 0.1) is 0 Å². The van der Waals surface area contributed by atoms with Crippen LogP contribution < -0.4 is 11.1 Å². The molecule has 0 atom stereocenters. The molecule has 0 unspecified atom stereocenters. The lowest BCUT2D eigenvalue weighted by molar-refractivity contribution is 0.101. The van der Waals surface area contributed by atoms with Crippen molar-refractivity contribution >= 4 is 17.4 Å². The number of ketones is 1. The Labute approximate surface area is 117 Å². The first-order chi connectivity index (χ1) is 9.60. The number of anilines is 1. The van der Waals surface area contributed by atoms with Gasteiger partial charge in [0, 0.05) is 23.4 Å². The van der Waals surface area contributed by atoms with E-state index in [4.69, 9.17) is 5.73 Å². The van der Waals surface area contributed by atoms with Crippen molar-refractivity contribution in [2.45, 2.75) is 13.5 Å². The van der Waals surface area contributed by atoms with Gasteiger partial charge in [-0.3, -0.25) is 9.59 Å². The number of nitrogens with two attached hydrogens (primary N) is 1. The number of amides is 1. The summed E-state index contributed by atoms with van der Waals surface area (Å²) in [6.45, 7) is 1.94. The monoisotopic (exact) mass is 268 g/mol. The number of rotatable bonds is 4. The fourth-order valence-electron chi connectivity index (χ4n) is 1.81. The standard InChI is InChI=1S/C16H16N2O2/c1-11(19)14-3-2-4-15(9-14)18-16(20)13-7-5-12(10-17)6-8-13/h2-9H,10,17H2,1H3,(H,18,20). The molecule has 0 saturated carbocycles. The van der Waals surface area contributed by atoms with Crippen LogP contribution in [0.4, 0.5) is 5.69 Å². The van der Waals surface area contributed by atoms with Gasteiger partial charge in [0.2, 0.25) is 0 Å². The molecule has 3 N–H and O–H groups in total. The van der Waals surface area contributed by atoms with Gasteiger partial charge in [0.25, 0.3) is 5.91 Å². The second-order valence-electron chi connectivity index (χ2n) is 4.49. The second-order valence-corrected chi connectivity index (χ2v) is 4.49. The number of hydrogen-bond acceptors (Lipinski definition) is 3. The molecule has 4 nitrogen and oxygen atoms in total. The minimum Gasteiger partial charge on any atom is -0.326 e. The van der Waals surface area contributed by atoms with Gasteiger partial charge in [-0.05, 0) is 36.8 Å². The number of carbonyl (C=O) groups excluding carboxylic acids is 2. The molecule has 2 rings (SSSR count). The van der Waals surface area contributed by atoms with Gasteiger partial charge in [0.05, 0.1) is 0 Å². The van der Waals surface area contributed by atoms with Crippen molar-refractivity contribution < 1.29 is 9.59 Å². The van der Waals surface area contributed by atoms with E-state index in [1.165, 1.54) is 6.92 Å². The minimum atomic E-state index is -0.214. The van der Waals surface area contributed by atoms with Crippen molar-refractivity contribution in [3.8, 4) is 0 Å². The van der Waals surface area contributed by atoms with Gasteiger partial charge in [0.1, 0.15) is 0 Å².